The fraction of sp³-hybridized carbons (Fsp3) is 0.0500. The van der Waals surface area contributed by atoms with Crippen molar-refractivity contribution in [2.75, 3.05) is 0 Å². The van der Waals surface area contributed by atoms with E-state index in [1.807, 2.05) is 0 Å². The van der Waals surface area contributed by atoms with Crippen molar-refractivity contribution in [3.05, 3.63) is 86.1 Å². The average Bonchev–Trinajstić information content (AvgIpc) is 2.63. The summed E-state index contributed by atoms with van der Waals surface area (Å²) in [6.45, 7) is 0. The number of carbonyl (C=O) groups excluding carboxylic acids is 1. The summed E-state index contributed by atoms with van der Waals surface area (Å²) in [6.07, 6.45) is 1.93. The van der Waals surface area contributed by atoms with E-state index < -0.39 is 11.1 Å². The van der Waals surface area contributed by atoms with Gasteiger partial charge in [0.05, 0.1) is 10.9 Å². The van der Waals surface area contributed by atoms with Crippen LogP contribution in [-0.2, 0) is 6.42 Å². The number of aldehydes is 1. The second kappa shape index (κ2) is 6.00. The zero-order valence-electron chi connectivity index (χ0n) is 13.4. The Hall–Kier alpha value is -3.67. The molecule has 0 aliphatic rings. The van der Waals surface area contributed by atoms with Gasteiger partial charge in [-0.3, -0.25) is 9.59 Å². The van der Waals surface area contributed by atoms with Crippen LogP contribution in [0.25, 0.3) is 21.9 Å². The minimum Gasteiger partial charge on any atom is -0.504 e. The van der Waals surface area contributed by atoms with Gasteiger partial charge in [0.15, 0.2) is 17.6 Å². The molecule has 0 saturated heterocycles. The van der Waals surface area contributed by atoms with Gasteiger partial charge in [0.1, 0.15) is 11.8 Å². The number of hydrogen-bond donors (Lipinski definition) is 1. The van der Waals surface area contributed by atoms with E-state index in [2.05, 4.69) is 0 Å². The maximum atomic E-state index is 12.3. The molecule has 4 rings (SSSR count). The fourth-order valence-electron chi connectivity index (χ4n) is 2.99. The largest absolute Gasteiger partial charge is 0.504 e. The second-order valence-electron chi connectivity index (χ2n) is 5.89. The maximum Gasteiger partial charge on any atom is 0.336 e. The van der Waals surface area contributed by atoms with E-state index in [1.165, 1.54) is 12.1 Å². The van der Waals surface area contributed by atoms with E-state index in [9.17, 15) is 19.5 Å². The van der Waals surface area contributed by atoms with E-state index in [0.29, 0.717) is 34.6 Å². The van der Waals surface area contributed by atoms with Gasteiger partial charge in [-0.1, -0.05) is 18.2 Å². The molecule has 6 nitrogen and oxygen atoms in total. The Kier molecular flexibility index (Phi) is 3.65. The van der Waals surface area contributed by atoms with E-state index in [-0.39, 0.29) is 16.9 Å². The number of benzene rings is 2. The first-order valence-corrected chi connectivity index (χ1v) is 7.81. The Labute approximate surface area is 145 Å². The summed E-state index contributed by atoms with van der Waals surface area (Å²) in [7, 11) is 0. The van der Waals surface area contributed by atoms with Crippen LogP contribution >= 0.6 is 0 Å². The highest BCUT2D eigenvalue weighted by Gasteiger charge is 2.12. The predicted molar refractivity (Wildman–Crippen MR) is 94.8 cm³/mol. The molecule has 0 atom stereocenters. The van der Waals surface area contributed by atoms with Crippen LogP contribution in [0.15, 0.2) is 67.2 Å². The number of phenols is 1. The SMILES string of the molecule is O=Cc1coc2ccc(Cc3cc(=O)oc4c(O)cccc34)cc2c1=O. The Balaban J connectivity index is 1.88. The standard InChI is InChI=1S/C20H12O6/c21-9-13-10-25-17-5-4-11(7-15(17)19(13)24)6-12-8-18(23)26-20-14(12)2-1-3-16(20)22/h1-5,7-10,22H,6H2. The van der Waals surface area contributed by atoms with Gasteiger partial charge in [-0.15, -0.1) is 0 Å². The molecular weight excluding hydrogens is 336 g/mol. The summed E-state index contributed by atoms with van der Waals surface area (Å²) in [5, 5.41) is 10.8. The molecule has 6 heteroatoms. The van der Waals surface area contributed by atoms with Crippen molar-refractivity contribution in [3.63, 3.8) is 0 Å². The van der Waals surface area contributed by atoms with Crippen molar-refractivity contribution >= 4 is 28.2 Å². The van der Waals surface area contributed by atoms with Crippen LogP contribution < -0.4 is 11.1 Å². The highest BCUT2D eigenvalue weighted by Crippen LogP contribution is 2.27. The van der Waals surface area contributed by atoms with Crippen LogP contribution in [0, 0.1) is 0 Å². The topological polar surface area (TPSA) is 97.7 Å². The molecular formula is C20H12O6. The Morgan fingerprint density at radius 3 is 2.69 bits per heavy atom. The lowest BCUT2D eigenvalue weighted by Gasteiger charge is -2.07. The molecule has 0 bridgehead atoms. The third-order valence-electron chi connectivity index (χ3n) is 4.22. The Morgan fingerprint density at radius 2 is 1.88 bits per heavy atom. The molecule has 2 heterocycles. The van der Waals surface area contributed by atoms with Gasteiger partial charge in [-0.2, -0.15) is 0 Å². The minimum atomic E-state index is -0.572. The third kappa shape index (κ3) is 2.57. The lowest BCUT2D eigenvalue weighted by atomic mass is 10.00. The lowest BCUT2D eigenvalue weighted by Crippen LogP contribution is -2.08. The van der Waals surface area contributed by atoms with Crippen LogP contribution in [0.4, 0.5) is 0 Å². The molecule has 26 heavy (non-hydrogen) atoms. The van der Waals surface area contributed by atoms with Crippen molar-refractivity contribution in [3.8, 4) is 5.75 Å². The molecule has 0 saturated carbocycles. The van der Waals surface area contributed by atoms with Gasteiger partial charge in [0.2, 0.25) is 5.43 Å². The van der Waals surface area contributed by atoms with E-state index >= 15 is 0 Å². The molecule has 0 amide bonds. The highest BCUT2D eigenvalue weighted by atomic mass is 16.4. The summed E-state index contributed by atoms with van der Waals surface area (Å²) >= 11 is 0. The second-order valence-corrected chi connectivity index (χ2v) is 5.89. The van der Waals surface area contributed by atoms with Crippen LogP contribution in [0.2, 0.25) is 0 Å². The van der Waals surface area contributed by atoms with Gasteiger partial charge in [0, 0.05) is 11.5 Å². The molecule has 2 aromatic carbocycles. The molecule has 0 spiro atoms. The van der Waals surface area contributed by atoms with Gasteiger partial charge >= 0.3 is 5.63 Å². The minimum absolute atomic E-state index is 0.0506. The number of carbonyl (C=O) groups is 1. The summed E-state index contributed by atoms with van der Waals surface area (Å²) < 4.78 is 10.4. The molecule has 0 radical (unpaired) electrons. The first-order chi connectivity index (χ1) is 12.6. The van der Waals surface area contributed by atoms with Gasteiger partial charge in [-0.25, -0.2) is 4.79 Å². The van der Waals surface area contributed by atoms with Crippen molar-refractivity contribution in [2.24, 2.45) is 0 Å². The van der Waals surface area contributed by atoms with Crippen LogP contribution in [0.5, 0.6) is 5.75 Å². The Morgan fingerprint density at radius 1 is 1.04 bits per heavy atom. The van der Waals surface area contributed by atoms with Crippen LogP contribution in [-0.4, -0.2) is 11.4 Å². The van der Waals surface area contributed by atoms with Crippen molar-refractivity contribution in [2.45, 2.75) is 6.42 Å². The average molecular weight is 348 g/mol. The smallest absolute Gasteiger partial charge is 0.336 e. The van der Waals surface area contributed by atoms with E-state index in [1.54, 1.807) is 30.3 Å². The number of phenolic OH excluding ortho intramolecular Hbond substituents is 1. The van der Waals surface area contributed by atoms with Crippen molar-refractivity contribution in [1.82, 2.24) is 0 Å². The van der Waals surface area contributed by atoms with Crippen LogP contribution in [0.1, 0.15) is 21.5 Å². The molecule has 0 fully saturated rings. The quantitative estimate of drug-likeness (QED) is 0.451. The molecule has 0 aliphatic heterocycles. The lowest BCUT2D eigenvalue weighted by molar-refractivity contribution is 0.112. The first-order valence-electron chi connectivity index (χ1n) is 7.81. The normalized spacial score (nSPS) is 11.1. The maximum absolute atomic E-state index is 12.3. The van der Waals surface area contributed by atoms with Gasteiger partial charge in [0.25, 0.3) is 0 Å². The summed E-state index contributed by atoms with van der Waals surface area (Å²) in [5.41, 5.74) is 0.879. The molecule has 128 valence electrons. The molecule has 0 aliphatic carbocycles. The van der Waals surface area contributed by atoms with Crippen molar-refractivity contribution < 1.29 is 18.7 Å². The molecule has 0 unspecified atom stereocenters. The zero-order chi connectivity index (χ0) is 18.3. The predicted octanol–water partition coefficient (Wildman–Crippen LogP) is 3.01. The number of hydrogen-bond acceptors (Lipinski definition) is 6. The van der Waals surface area contributed by atoms with E-state index in [4.69, 9.17) is 8.83 Å². The highest BCUT2D eigenvalue weighted by molar-refractivity contribution is 5.86. The number of para-hydroxylation sites is 1. The third-order valence-corrected chi connectivity index (χ3v) is 4.22. The first kappa shape index (κ1) is 15.8. The Bertz CT molecular complexity index is 1280. The monoisotopic (exact) mass is 348 g/mol. The van der Waals surface area contributed by atoms with E-state index in [0.717, 1.165) is 11.8 Å². The molecule has 2 aromatic heterocycles. The van der Waals surface area contributed by atoms with Crippen LogP contribution in [0.3, 0.4) is 0 Å². The van der Waals surface area contributed by atoms with Gasteiger partial charge < -0.3 is 13.9 Å². The van der Waals surface area contributed by atoms with Crippen molar-refractivity contribution in [1.29, 1.82) is 0 Å². The summed E-state index contributed by atoms with van der Waals surface area (Å²) in [5.74, 6) is -0.115. The molecule has 1 N–H and O–H groups in total. The fourth-order valence-corrected chi connectivity index (χ4v) is 2.99. The number of rotatable bonds is 3. The number of fused-ring (bicyclic) bond motifs is 2. The number of aromatic hydroxyl groups is 1. The molecule has 4 aromatic rings. The zero-order valence-corrected chi connectivity index (χ0v) is 13.4. The van der Waals surface area contributed by atoms with Gasteiger partial charge in [-0.05, 0) is 35.7 Å². The summed E-state index contributed by atoms with van der Waals surface area (Å²) in [4.78, 5) is 35.0. The summed E-state index contributed by atoms with van der Waals surface area (Å²) in [6, 6.07) is 11.3.